The van der Waals surface area contributed by atoms with Gasteiger partial charge in [-0.05, 0) is 40.5 Å². The molecule has 0 aliphatic rings. The first-order valence-electron chi connectivity index (χ1n) is 4.46. The molecular weight excluding hydrogens is 244 g/mol. The lowest BCUT2D eigenvalue weighted by atomic mass is 10.2. The second-order valence-electron chi connectivity index (χ2n) is 3.24. The number of hydrogen-bond acceptors (Lipinski definition) is 3. The van der Waals surface area contributed by atoms with Gasteiger partial charge in [0.15, 0.2) is 11.5 Å². The van der Waals surface area contributed by atoms with E-state index in [1.165, 1.54) is 0 Å². The van der Waals surface area contributed by atoms with Gasteiger partial charge in [0.25, 0.3) is 0 Å². The van der Waals surface area contributed by atoms with Gasteiger partial charge in [-0.2, -0.15) is 0 Å². The van der Waals surface area contributed by atoms with E-state index >= 15 is 0 Å². The molecule has 0 saturated heterocycles. The van der Waals surface area contributed by atoms with Crippen LogP contribution in [0.5, 0.6) is 0 Å². The standard InChI is InChI=1S/C10H11BrN2O/c1-6-4-7(11)10-8(5-6)13-9(14-10)2-3-12/h4-5H,2-3,12H2,1H3. The van der Waals surface area contributed by atoms with Crippen molar-refractivity contribution in [2.24, 2.45) is 5.73 Å². The molecule has 4 heteroatoms. The van der Waals surface area contributed by atoms with Crippen molar-refractivity contribution in [2.75, 3.05) is 6.54 Å². The summed E-state index contributed by atoms with van der Waals surface area (Å²) >= 11 is 3.45. The highest BCUT2D eigenvalue weighted by atomic mass is 79.9. The maximum absolute atomic E-state index is 5.56. The number of nitrogens with two attached hydrogens (primary N) is 1. The molecule has 14 heavy (non-hydrogen) atoms. The number of benzene rings is 1. The smallest absolute Gasteiger partial charge is 0.196 e. The molecule has 1 aromatic carbocycles. The Morgan fingerprint density at radius 3 is 3.00 bits per heavy atom. The quantitative estimate of drug-likeness (QED) is 0.896. The third kappa shape index (κ3) is 1.67. The van der Waals surface area contributed by atoms with Crippen LogP contribution in [0.25, 0.3) is 11.1 Å². The van der Waals surface area contributed by atoms with Crippen molar-refractivity contribution in [3.8, 4) is 0 Å². The molecule has 0 unspecified atom stereocenters. The Bertz CT molecular complexity index is 464. The van der Waals surface area contributed by atoms with Crippen LogP contribution in [0.3, 0.4) is 0 Å². The zero-order valence-corrected chi connectivity index (χ0v) is 9.47. The molecule has 0 fully saturated rings. The van der Waals surface area contributed by atoms with E-state index in [1.54, 1.807) is 0 Å². The van der Waals surface area contributed by atoms with Crippen LogP contribution < -0.4 is 5.73 Å². The van der Waals surface area contributed by atoms with Crippen LogP contribution >= 0.6 is 15.9 Å². The van der Waals surface area contributed by atoms with Crippen molar-refractivity contribution in [3.63, 3.8) is 0 Å². The third-order valence-electron chi connectivity index (χ3n) is 1.99. The second-order valence-corrected chi connectivity index (χ2v) is 4.10. The van der Waals surface area contributed by atoms with E-state index in [9.17, 15) is 0 Å². The molecule has 2 aromatic rings. The van der Waals surface area contributed by atoms with E-state index in [2.05, 4.69) is 20.9 Å². The molecule has 0 aliphatic carbocycles. The summed E-state index contributed by atoms with van der Waals surface area (Å²) in [5.74, 6) is 0.703. The Hall–Kier alpha value is -0.870. The minimum absolute atomic E-state index is 0.559. The maximum Gasteiger partial charge on any atom is 0.196 e. The van der Waals surface area contributed by atoms with Crippen molar-refractivity contribution in [1.29, 1.82) is 0 Å². The lowest BCUT2D eigenvalue weighted by Crippen LogP contribution is -2.02. The van der Waals surface area contributed by atoms with Gasteiger partial charge in [-0.3, -0.25) is 0 Å². The first-order chi connectivity index (χ1) is 6.70. The van der Waals surface area contributed by atoms with Crippen LogP contribution in [0.4, 0.5) is 0 Å². The molecule has 74 valence electrons. The molecule has 0 bridgehead atoms. The number of aryl methyl sites for hydroxylation is 1. The van der Waals surface area contributed by atoms with Gasteiger partial charge in [0.1, 0.15) is 5.52 Å². The van der Waals surface area contributed by atoms with Gasteiger partial charge >= 0.3 is 0 Å². The van der Waals surface area contributed by atoms with E-state index in [1.807, 2.05) is 19.1 Å². The first-order valence-corrected chi connectivity index (χ1v) is 5.25. The van der Waals surface area contributed by atoms with E-state index in [0.717, 1.165) is 21.1 Å². The van der Waals surface area contributed by atoms with Crippen molar-refractivity contribution in [1.82, 2.24) is 4.98 Å². The largest absolute Gasteiger partial charge is 0.439 e. The van der Waals surface area contributed by atoms with E-state index in [-0.39, 0.29) is 0 Å². The Morgan fingerprint density at radius 2 is 2.29 bits per heavy atom. The average Bonchev–Trinajstić information content (AvgIpc) is 2.48. The van der Waals surface area contributed by atoms with E-state index in [0.29, 0.717) is 18.9 Å². The van der Waals surface area contributed by atoms with Gasteiger partial charge in [0.05, 0.1) is 4.47 Å². The monoisotopic (exact) mass is 254 g/mol. The molecule has 1 aromatic heterocycles. The van der Waals surface area contributed by atoms with Crippen molar-refractivity contribution in [2.45, 2.75) is 13.3 Å². The number of hydrogen-bond donors (Lipinski definition) is 1. The number of fused-ring (bicyclic) bond motifs is 1. The summed E-state index contributed by atoms with van der Waals surface area (Å²) in [6.45, 7) is 2.59. The van der Waals surface area contributed by atoms with Gasteiger partial charge in [0.2, 0.25) is 0 Å². The molecule has 0 amide bonds. The number of rotatable bonds is 2. The summed E-state index contributed by atoms with van der Waals surface area (Å²) in [6, 6.07) is 4.02. The predicted molar refractivity (Wildman–Crippen MR) is 59.2 cm³/mol. The third-order valence-corrected chi connectivity index (χ3v) is 2.58. The van der Waals surface area contributed by atoms with Gasteiger partial charge in [-0.25, -0.2) is 4.98 Å². The highest BCUT2D eigenvalue weighted by molar-refractivity contribution is 9.10. The summed E-state index contributed by atoms with van der Waals surface area (Å²) in [6.07, 6.45) is 0.681. The molecule has 0 saturated carbocycles. The summed E-state index contributed by atoms with van der Waals surface area (Å²) < 4.78 is 6.50. The maximum atomic E-state index is 5.56. The van der Waals surface area contributed by atoms with Crippen LogP contribution in [-0.2, 0) is 6.42 Å². The fraction of sp³-hybridized carbons (Fsp3) is 0.300. The zero-order chi connectivity index (χ0) is 10.1. The Kier molecular flexibility index (Phi) is 2.56. The van der Waals surface area contributed by atoms with E-state index < -0.39 is 0 Å². The molecule has 2 rings (SSSR count). The topological polar surface area (TPSA) is 52.0 Å². The minimum Gasteiger partial charge on any atom is -0.439 e. The number of nitrogens with zero attached hydrogens (tertiary/aromatic N) is 1. The molecule has 1 heterocycles. The van der Waals surface area contributed by atoms with Gasteiger partial charge < -0.3 is 10.2 Å². The highest BCUT2D eigenvalue weighted by Crippen LogP contribution is 2.26. The number of aromatic nitrogens is 1. The molecule has 2 N–H and O–H groups in total. The summed E-state index contributed by atoms with van der Waals surface area (Å²) in [7, 11) is 0. The van der Waals surface area contributed by atoms with Gasteiger partial charge in [0, 0.05) is 13.0 Å². The van der Waals surface area contributed by atoms with Crippen LogP contribution in [0.15, 0.2) is 21.0 Å². The lowest BCUT2D eigenvalue weighted by molar-refractivity contribution is 0.530. The Balaban J connectivity index is 2.58. The Morgan fingerprint density at radius 1 is 1.50 bits per heavy atom. The number of halogens is 1. The van der Waals surface area contributed by atoms with Crippen molar-refractivity contribution in [3.05, 3.63) is 28.1 Å². The fourth-order valence-electron chi connectivity index (χ4n) is 1.40. The SMILES string of the molecule is Cc1cc(Br)c2oc(CCN)nc2c1. The van der Waals surface area contributed by atoms with Crippen LogP contribution in [0.1, 0.15) is 11.5 Å². The average molecular weight is 255 g/mol. The van der Waals surface area contributed by atoms with Gasteiger partial charge in [-0.15, -0.1) is 0 Å². The minimum atomic E-state index is 0.559. The van der Waals surface area contributed by atoms with Crippen LogP contribution in [0.2, 0.25) is 0 Å². The summed E-state index contributed by atoms with van der Waals surface area (Å²) in [4.78, 5) is 4.35. The molecule has 0 aliphatic heterocycles. The van der Waals surface area contributed by atoms with Crippen molar-refractivity contribution >= 4 is 27.0 Å². The number of oxazole rings is 1. The molecule has 3 nitrogen and oxygen atoms in total. The van der Waals surface area contributed by atoms with Crippen LogP contribution in [0, 0.1) is 6.92 Å². The summed E-state index contributed by atoms with van der Waals surface area (Å²) in [5.41, 5.74) is 8.30. The molecule has 0 spiro atoms. The first kappa shape index (κ1) is 9.68. The van der Waals surface area contributed by atoms with Crippen molar-refractivity contribution < 1.29 is 4.42 Å². The normalized spacial score (nSPS) is 11.1. The molecular formula is C10H11BrN2O. The molecule has 0 atom stereocenters. The zero-order valence-electron chi connectivity index (χ0n) is 7.88. The predicted octanol–water partition coefficient (Wildman–Crippen LogP) is 2.40. The highest BCUT2D eigenvalue weighted by Gasteiger charge is 2.08. The lowest BCUT2D eigenvalue weighted by Gasteiger charge is -1.93. The van der Waals surface area contributed by atoms with Gasteiger partial charge in [-0.1, -0.05) is 0 Å². The van der Waals surface area contributed by atoms with Crippen LogP contribution in [-0.4, -0.2) is 11.5 Å². The van der Waals surface area contributed by atoms with E-state index in [4.69, 9.17) is 10.2 Å². The summed E-state index contributed by atoms with van der Waals surface area (Å²) in [5, 5.41) is 0. The fourth-order valence-corrected chi connectivity index (χ4v) is 2.05. The molecule has 0 radical (unpaired) electrons. The second kappa shape index (κ2) is 3.71. The Labute approximate surface area is 90.4 Å².